The Morgan fingerprint density at radius 3 is 2.46 bits per heavy atom. The van der Waals surface area contributed by atoms with Crippen molar-refractivity contribution in [2.75, 3.05) is 0 Å². The van der Waals surface area contributed by atoms with Crippen LogP contribution in [0.4, 0.5) is 0 Å². The van der Waals surface area contributed by atoms with Gasteiger partial charge in [-0.2, -0.15) is 5.10 Å². The van der Waals surface area contributed by atoms with E-state index in [9.17, 15) is 0 Å². The fourth-order valence-electron chi connectivity index (χ4n) is 3.13. The van der Waals surface area contributed by atoms with Crippen LogP contribution in [0.1, 0.15) is 40.3 Å². The number of aromatic nitrogens is 3. The molecule has 1 aliphatic rings. The first-order chi connectivity index (χ1) is 12.3. The standard InChI is InChI=1S/C20H24BN3O2/c1-6-16-8-7-9-18(23-16)24-17-12-15(11-10-14(17)13-22-24)21-25-19(2,3)20(4,5)26-21/h7-13H,6H2,1-5H3. The Morgan fingerprint density at radius 1 is 1.04 bits per heavy atom. The molecule has 2 aromatic heterocycles. The Hall–Kier alpha value is -2.18. The molecule has 134 valence electrons. The SMILES string of the molecule is CCc1cccc(-n2ncc3ccc(B4OC(C)(C)C(C)(C)O4)cc32)n1. The Labute approximate surface area is 154 Å². The quantitative estimate of drug-likeness (QED) is 0.681. The molecule has 0 aliphatic carbocycles. The molecule has 0 saturated carbocycles. The van der Waals surface area contributed by atoms with Crippen molar-refractivity contribution < 1.29 is 9.31 Å². The van der Waals surface area contributed by atoms with E-state index in [0.29, 0.717) is 0 Å². The summed E-state index contributed by atoms with van der Waals surface area (Å²) in [6.45, 7) is 10.4. The van der Waals surface area contributed by atoms with E-state index in [1.165, 1.54) is 0 Å². The van der Waals surface area contributed by atoms with Crippen LogP contribution >= 0.6 is 0 Å². The van der Waals surface area contributed by atoms with Crippen molar-refractivity contribution in [1.82, 2.24) is 14.8 Å². The summed E-state index contributed by atoms with van der Waals surface area (Å²) in [5.41, 5.74) is 2.32. The Bertz CT molecular complexity index is 949. The Morgan fingerprint density at radius 2 is 1.77 bits per heavy atom. The zero-order chi connectivity index (χ0) is 18.5. The lowest BCUT2D eigenvalue weighted by Crippen LogP contribution is -2.41. The summed E-state index contributed by atoms with van der Waals surface area (Å²) in [5.74, 6) is 0.824. The van der Waals surface area contributed by atoms with E-state index in [-0.39, 0.29) is 18.3 Å². The maximum atomic E-state index is 6.19. The van der Waals surface area contributed by atoms with Gasteiger partial charge in [-0.25, -0.2) is 9.67 Å². The Kier molecular flexibility index (Phi) is 3.93. The summed E-state index contributed by atoms with van der Waals surface area (Å²) in [6.07, 6.45) is 2.76. The highest BCUT2D eigenvalue weighted by atomic mass is 16.7. The largest absolute Gasteiger partial charge is 0.494 e. The van der Waals surface area contributed by atoms with Gasteiger partial charge in [0.25, 0.3) is 0 Å². The van der Waals surface area contributed by atoms with Crippen molar-refractivity contribution in [3.63, 3.8) is 0 Å². The van der Waals surface area contributed by atoms with Crippen molar-refractivity contribution in [3.05, 3.63) is 48.3 Å². The minimum Gasteiger partial charge on any atom is -0.399 e. The number of rotatable bonds is 3. The highest BCUT2D eigenvalue weighted by Crippen LogP contribution is 2.36. The van der Waals surface area contributed by atoms with Crippen LogP contribution in [0, 0.1) is 0 Å². The van der Waals surface area contributed by atoms with E-state index in [4.69, 9.17) is 14.3 Å². The van der Waals surface area contributed by atoms with Crippen LogP contribution in [0.2, 0.25) is 0 Å². The van der Waals surface area contributed by atoms with Gasteiger partial charge in [-0.15, -0.1) is 0 Å². The second kappa shape index (κ2) is 5.93. The number of aryl methyl sites for hydroxylation is 1. The van der Waals surface area contributed by atoms with Gasteiger partial charge in [-0.3, -0.25) is 0 Å². The second-order valence-electron chi connectivity index (χ2n) is 7.80. The van der Waals surface area contributed by atoms with Crippen LogP contribution in [0.3, 0.4) is 0 Å². The molecule has 0 N–H and O–H groups in total. The first-order valence-corrected chi connectivity index (χ1v) is 9.10. The fraction of sp³-hybridized carbons (Fsp3) is 0.400. The molecule has 1 saturated heterocycles. The van der Waals surface area contributed by atoms with Gasteiger partial charge in [0.15, 0.2) is 5.82 Å². The molecule has 0 spiro atoms. The third-order valence-corrected chi connectivity index (χ3v) is 5.49. The molecular formula is C20H24BN3O2. The van der Waals surface area contributed by atoms with Gasteiger partial charge in [-0.1, -0.05) is 25.1 Å². The molecule has 5 nitrogen and oxygen atoms in total. The molecule has 0 amide bonds. The smallest absolute Gasteiger partial charge is 0.399 e. The summed E-state index contributed by atoms with van der Waals surface area (Å²) < 4.78 is 14.3. The predicted molar refractivity (Wildman–Crippen MR) is 104 cm³/mol. The molecule has 0 radical (unpaired) electrons. The molecule has 1 aliphatic heterocycles. The third-order valence-electron chi connectivity index (χ3n) is 5.49. The lowest BCUT2D eigenvalue weighted by Gasteiger charge is -2.32. The van der Waals surface area contributed by atoms with Crippen molar-refractivity contribution >= 4 is 23.5 Å². The maximum absolute atomic E-state index is 6.19. The lowest BCUT2D eigenvalue weighted by molar-refractivity contribution is 0.00578. The number of hydrogen-bond acceptors (Lipinski definition) is 4. The molecule has 6 heteroatoms. The summed E-state index contributed by atoms with van der Waals surface area (Å²) in [6, 6.07) is 12.2. The minimum absolute atomic E-state index is 0.357. The molecule has 26 heavy (non-hydrogen) atoms. The van der Waals surface area contributed by atoms with Crippen LogP contribution in [0.5, 0.6) is 0 Å². The van der Waals surface area contributed by atoms with Gasteiger partial charge < -0.3 is 9.31 Å². The minimum atomic E-state index is -0.386. The van der Waals surface area contributed by atoms with E-state index in [1.54, 1.807) is 0 Å². The number of benzene rings is 1. The Balaban J connectivity index is 1.76. The molecule has 0 unspecified atom stereocenters. The van der Waals surface area contributed by atoms with E-state index in [2.05, 4.69) is 51.9 Å². The van der Waals surface area contributed by atoms with Gasteiger partial charge in [0.05, 0.1) is 22.9 Å². The average molecular weight is 349 g/mol. The average Bonchev–Trinajstić information content (AvgIpc) is 3.12. The first kappa shape index (κ1) is 17.2. The van der Waals surface area contributed by atoms with Crippen LogP contribution in [-0.4, -0.2) is 33.1 Å². The highest BCUT2D eigenvalue weighted by Gasteiger charge is 2.51. The van der Waals surface area contributed by atoms with Crippen LogP contribution in [0.25, 0.3) is 16.7 Å². The summed E-state index contributed by atoms with van der Waals surface area (Å²) in [7, 11) is -0.386. The molecular weight excluding hydrogens is 325 g/mol. The van der Waals surface area contributed by atoms with E-state index in [0.717, 1.165) is 34.3 Å². The van der Waals surface area contributed by atoms with E-state index in [1.807, 2.05) is 35.1 Å². The van der Waals surface area contributed by atoms with Gasteiger partial charge in [-0.05, 0) is 57.8 Å². The number of hydrogen-bond donors (Lipinski definition) is 0. The normalized spacial score (nSPS) is 18.6. The van der Waals surface area contributed by atoms with Crippen LogP contribution in [-0.2, 0) is 15.7 Å². The molecule has 0 atom stereocenters. The van der Waals surface area contributed by atoms with Crippen molar-refractivity contribution in [2.45, 2.75) is 52.2 Å². The summed E-state index contributed by atoms with van der Waals surface area (Å²) >= 11 is 0. The van der Waals surface area contributed by atoms with E-state index < -0.39 is 0 Å². The summed E-state index contributed by atoms with van der Waals surface area (Å²) in [5, 5.41) is 5.60. The summed E-state index contributed by atoms with van der Waals surface area (Å²) in [4.78, 5) is 4.70. The molecule has 1 aromatic carbocycles. The monoisotopic (exact) mass is 349 g/mol. The topological polar surface area (TPSA) is 49.2 Å². The second-order valence-corrected chi connectivity index (χ2v) is 7.80. The molecule has 3 heterocycles. The van der Waals surface area contributed by atoms with Crippen molar-refractivity contribution in [1.29, 1.82) is 0 Å². The van der Waals surface area contributed by atoms with Crippen LogP contribution in [0.15, 0.2) is 42.6 Å². The predicted octanol–water partition coefficient (Wildman–Crippen LogP) is 3.28. The number of nitrogens with zero attached hydrogens (tertiary/aromatic N) is 3. The molecule has 4 rings (SSSR count). The number of pyridine rings is 1. The van der Waals surface area contributed by atoms with Crippen molar-refractivity contribution in [3.8, 4) is 5.82 Å². The molecule has 1 fully saturated rings. The fourth-order valence-corrected chi connectivity index (χ4v) is 3.13. The van der Waals surface area contributed by atoms with Crippen LogP contribution < -0.4 is 5.46 Å². The molecule has 0 bridgehead atoms. The van der Waals surface area contributed by atoms with Gasteiger partial charge in [0.2, 0.25) is 0 Å². The zero-order valence-electron chi connectivity index (χ0n) is 16.0. The molecule has 3 aromatic rings. The van der Waals surface area contributed by atoms with Crippen molar-refractivity contribution in [2.24, 2.45) is 0 Å². The van der Waals surface area contributed by atoms with Gasteiger partial charge >= 0.3 is 7.12 Å². The number of fused-ring (bicyclic) bond motifs is 1. The first-order valence-electron chi connectivity index (χ1n) is 9.10. The maximum Gasteiger partial charge on any atom is 0.494 e. The van der Waals surface area contributed by atoms with E-state index >= 15 is 0 Å². The van der Waals surface area contributed by atoms with Gasteiger partial charge in [0, 0.05) is 11.1 Å². The lowest BCUT2D eigenvalue weighted by atomic mass is 9.79. The highest BCUT2D eigenvalue weighted by molar-refractivity contribution is 6.62. The zero-order valence-corrected chi connectivity index (χ0v) is 16.0. The van der Waals surface area contributed by atoms with Gasteiger partial charge in [0.1, 0.15) is 0 Å². The third kappa shape index (κ3) is 2.74.